The summed E-state index contributed by atoms with van der Waals surface area (Å²) in [6, 6.07) is 0. The van der Waals surface area contributed by atoms with Crippen molar-refractivity contribution < 1.29 is 0 Å². The summed E-state index contributed by atoms with van der Waals surface area (Å²) in [6.07, 6.45) is 6.95. The van der Waals surface area contributed by atoms with Crippen LogP contribution in [0.25, 0.3) is 0 Å². The molecule has 0 aromatic rings. The summed E-state index contributed by atoms with van der Waals surface area (Å²) in [6.45, 7) is 13.9. The Balaban J connectivity index is 1.70. The molecular weight excluding hydrogens is 246 g/mol. The van der Waals surface area contributed by atoms with E-state index in [1.807, 2.05) is 0 Å². The first kappa shape index (κ1) is 16.3. The van der Waals surface area contributed by atoms with Gasteiger partial charge in [0.15, 0.2) is 0 Å². The lowest BCUT2D eigenvalue weighted by Crippen LogP contribution is -2.45. The van der Waals surface area contributed by atoms with Gasteiger partial charge in [-0.05, 0) is 76.7 Å². The number of rotatable bonds is 7. The molecule has 2 aliphatic heterocycles. The van der Waals surface area contributed by atoms with Gasteiger partial charge in [0.05, 0.1) is 0 Å². The third-order valence-electron chi connectivity index (χ3n) is 5.48. The van der Waals surface area contributed by atoms with Crippen LogP contribution in [0.3, 0.4) is 0 Å². The topological polar surface area (TPSA) is 18.5 Å². The second kappa shape index (κ2) is 7.77. The minimum Gasteiger partial charge on any atom is -0.319 e. The molecule has 0 aliphatic carbocycles. The smallest absolute Gasteiger partial charge is 0.00474 e. The molecule has 20 heavy (non-hydrogen) atoms. The molecule has 0 radical (unpaired) electrons. The van der Waals surface area contributed by atoms with E-state index in [0.717, 1.165) is 12.5 Å². The largest absolute Gasteiger partial charge is 0.319 e. The molecule has 0 bridgehead atoms. The Morgan fingerprint density at radius 2 is 1.70 bits per heavy atom. The zero-order chi connectivity index (χ0) is 14.4. The monoisotopic (exact) mass is 281 g/mol. The van der Waals surface area contributed by atoms with Crippen molar-refractivity contribution in [3.8, 4) is 0 Å². The van der Waals surface area contributed by atoms with Gasteiger partial charge in [-0.3, -0.25) is 0 Å². The summed E-state index contributed by atoms with van der Waals surface area (Å²) in [5.74, 6) is 0.960. The van der Waals surface area contributed by atoms with Gasteiger partial charge < -0.3 is 15.1 Å². The zero-order valence-electron chi connectivity index (χ0n) is 14.0. The molecule has 3 heteroatoms. The van der Waals surface area contributed by atoms with Crippen molar-refractivity contribution in [3.05, 3.63) is 0 Å². The molecule has 2 rings (SSSR count). The number of piperidine rings is 1. The van der Waals surface area contributed by atoms with Gasteiger partial charge in [-0.1, -0.05) is 13.8 Å². The molecule has 0 aromatic heterocycles. The third-order valence-corrected chi connectivity index (χ3v) is 5.48. The van der Waals surface area contributed by atoms with Crippen molar-refractivity contribution in [3.63, 3.8) is 0 Å². The number of hydrogen-bond acceptors (Lipinski definition) is 3. The molecular formula is C17H35N3. The van der Waals surface area contributed by atoms with Gasteiger partial charge in [-0.2, -0.15) is 0 Å². The van der Waals surface area contributed by atoms with Crippen LogP contribution >= 0.6 is 0 Å². The van der Waals surface area contributed by atoms with Crippen LogP contribution in [0.4, 0.5) is 0 Å². The second-order valence-electron chi connectivity index (χ2n) is 7.42. The summed E-state index contributed by atoms with van der Waals surface area (Å²) in [5, 5.41) is 3.37. The first-order chi connectivity index (χ1) is 9.65. The zero-order valence-corrected chi connectivity index (χ0v) is 14.0. The van der Waals surface area contributed by atoms with Gasteiger partial charge in [0, 0.05) is 19.6 Å². The lowest BCUT2D eigenvalue weighted by atomic mass is 9.85. The molecule has 2 aliphatic rings. The van der Waals surface area contributed by atoms with Gasteiger partial charge in [0.25, 0.3) is 0 Å². The Hall–Kier alpha value is -0.120. The minimum atomic E-state index is 0.441. The maximum Gasteiger partial charge on any atom is 0.00474 e. The molecule has 1 unspecified atom stereocenters. The van der Waals surface area contributed by atoms with Crippen LogP contribution in [0.5, 0.6) is 0 Å². The van der Waals surface area contributed by atoms with Crippen LogP contribution in [0, 0.1) is 11.3 Å². The summed E-state index contributed by atoms with van der Waals surface area (Å²) >= 11 is 0. The average molecular weight is 281 g/mol. The number of nitrogens with zero attached hydrogens (tertiary/aromatic N) is 2. The van der Waals surface area contributed by atoms with Crippen LogP contribution in [0.2, 0.25) is 0 Å². The lowest BCUT2D eigenvalue weighted by Gasteiger charge is -2.39. The van der Waals surface area contributed by atoms with E-state index >= 15 is 0 Å². The highest BCUT2D eigenvalue weighted by Gasteiger charge is 2.28. The molecule has 0 amide bonds. The van der Waals surface area contributed by atoms with E-state index in [2.05, 4.69) is 36.0 Å². The molecule has 1 N–H and O–H groups in total. The third kappa shape index (κ3) is 4.71. The van der Waals surface area contributed by atoms with Crippen molar-refractivity contribution in [2.75, 3.05) is 52.9 Å². The molecule has 2 heterocycles. The van der Waals surface area contributed by atoms with Crippen LogP contribution in [-0.2, 0) is 0 Å². The van der Waals surface area contributed by atoms with Crippen molar-refractivity contribution in [2.24, 2.45) is 11.3 Å². The standard InChI is InChI=1S/C17H35N3/c1-4-17(2,14-18-3)15-20-11-7-16(8-12-20)13-19-9-5-6-10-19/h16,18H,4-15H2,1-3H3. The Labute approximate surface area is 126 Å². The Morgan fingerprint density at radius 1 is 1.05 bits per heavy atom. The maximum absolute atomic E-state index is 3.37. The van der Waals surface area contributed by atoms with Crippen LogP contribution in [-0.4, -0.2) is 62.7 Å². The fraction of sp³-hybridized carbons (Fsp3) is 1.00. The van der Waals surface area contributed by atoms with Gasteiger partial charge >= 0.3 is 0 Å². The quantitative estimate of drug-likeness (QED) is 0.773. The number of likely N-dealkylation sites (tertiary alicyclic amines) is 2. The number of hydrogen-bond donors (Lipinski definition) is 1. The second-order valence-corrected chi connectivity index (χ2v) is 7.42. The first-order valence-electron chi connectivity index (χ1n) is 8.74. The molecule has 2 fully saturated rings. The van der Waals surface area contributed by atoms with E-state index in [1.165, 1.54) is 71.4 Å². The Kier molecular flexibility index (Phi) is 6.31. The van der Waals surface area contributed by atoms with Gasteiger partial charge in [0.2, 0.25) is 0 Å². The predicted molar refractivity (Wildman–Crippen MR) is 87.2 cm³/mol. The van der Waals surface area contributed by atoms with E-state index in [-0.39, 0.29) is 0 Å². The number of nitrogens with one attached hydrogen (secondary N) is 1. The lowest BCUT2D eigenvalue weighted by molar-refractivity contribution is 0.104. The maximum atomic E-state index is 3.37. The Bertz CT molecular complexity index is 267. The van der Waals surface area contributed by atoms with Crippen LogP contribution in [0.15, 0.2) is 0 Å². The van der Waals surface area contributed by atoms with Crippen molar-refractivity contribution in [1.82, 2.24) is 15.1 Å². The summed E-state index contributed by atoms with van der Waals surface area (Å²) in [5.41, 5.74) is 0.441. The molecule has 1 atom stereocenters. The fourth-order valence-electron chi connectivity index (χ4n) is 3.92. The molecule has 2 saturated heterocycles. The normalized spacial score (nSPS) is 25.9. The molecule has 118 valence electrons. The van der Waals surface area contributed by atoms with Crippen LogP contribution in [0.1, 0.15) is 46.0 Å². The Morgan fingerprint density at radius 3 is 2.25 bits per heavy atom. The van der Waals surface area contributed by atoms with Crippen molar-refractivity contribution >= 4 is 0 Å². The van der Waals surface area contributed by atoms with E-state index in [1.54, 1.807) is 0 Å². The highest BCUT2D eigenvalue weighted by molar-refractivity contribution is 4.83. The highest BCUT2D eigenvalue weighted by atomic mass is 15.2. The van der Waals surface area contributed by atoms with Gasteiger partial charge in [0.1, 0.15) is 0 Å². The van der Waals surface area contributed by atoms with Gasteiger partial charge in [-0.15, -0.1) is 0 Å². The van der Waals surface area contributed by atoms with E-state index in [9.17, 15) is 0 Å². The van der Waals surface area contributed by atoms with Crippen LogP contribution < -0.4 is 5.32 Å². The SMILES string of the molecule is CCC(C)(CNC)CN1CCC(CN2CCCC2)CC1. The molecule has 0 aromatic carbocycles. The predicted octanol–water partition coefficient (Wildman–Crippen LogP) is 2.43. The van der Waals surface area contributed by atoms with Crippen molar-refractivity contribution in [1.29, 1.82) is 0 Å². The molecule has 3 nitrogen and oxygen atoms in total. The summed E-state index contributed by atoms with van der Waals surface area (Å²) in [7, 11) is 2.08. The average Bonchev–Trinajstić information content (AvgIpc) is 2.94. The summed E-state index contributed by atoms with van der Waals surface area (Å²) < 4.78 is 0. The fourth-order valence-corrected chi connectivity index (χ4v) is 3.92. The van der Waals surface area contributed by atoms with E-state index in [0.29, 0.717) is 5.41 Å². The van der Waals surface area contributed by atoms with Gasteiger partial charge in [-0.25, -0.2) is 0 Å². The van der Waals surface area contributed by atoms with E-state index < -0.39 is 0 Å². The first-order valence-corrected chi connectivity index (χ1v) is 8.74. The molecule has 0 saturated carbocycles. The highest BCUT2D eigenvalue weighted by Crippen LogP contribution is 2.26. The summed E-state index contributed by atoms with van der Waals surface area (Å²) in [4.78, 5) is 5.40. The van der Waals surface area contributed by atoms with E-state index in [4.69, 9.17) is 0 Å². The van der Waals surface area contributed by atoms with Crippen molar-refractivity contribution in [2.45, 2.75) is 46.0 Å². The molecule has 0 spiro atoms. The minimum absolute atomic E-state index is 0.441.